The van der Waals surface area contributed by atoms with Gasteiger partial charge in [0.25, 0.3) is 0 Å². The highest BCUT2D eigenvalue weighted by Gasteiger charge is 2.88. The molecule has 1 spiro atoms. The van der Waals surface area contributed by atoms with Crippen LogP contribution in [0.15, 0.2) is 46.5 Å². The fourth-order valence-corrected chi connectivity index (χ4v) is 9.22. The Hall–Kier alpha value is -2.67. The zero-order chi connectivity index (χ0) is 25.3. The van der Waals surface area contributed by atoms with E-state index in [4.69, 9.17) is 13.9 Å². The van der Waals surface area contributed by atoms with Gasteiger partial charge in [-0.1, -0.05) is 19.9 Å². The van der Waals surface area contributed by atoms with Gasteiger partial charge in [-0.15, -0.1) is 0 Å². The molecule has 1 N–H and O–H groups in total. The number of carbonyl (C=O) groups is 3. The SMILES string of the molecule is CC(=O)O[C@@H]1C[C@@]2(C)[C@H](c3ccoc3)C[C@H]3O[C@]32[C@]2(C)C(=O)C(O)=C3C(C)(C)C(=O)C=CC3(C)[C@@H]12. The van der Waals surface area contributed by atoms with Crippen molar-refractivity contribution in [1.82, 2.24) is 0 Å². The first-order chi connectivity index (χ1) is 16.3. The van der Waals surface area contributed by atoms with Crippen molar-refractivity contribution in [2.24, 2.45) is 27.6 Å². The molecule has 1 aliphatic heterocycles. The van der Waals surface area contributed by atoms with Crippen molar-refractivity contribution in [2.75, 3.05) is 0 Å². The molecule has 0 aromatic carbocycles. The number of allylic oxidation sites excluding steroid dienone is 4. The van der Waals surface area contributed by atoms with Crippen molar-refractivity contribution < 1.29 is 33.4 Å². The lowest BCUT2D eigenvalue weighted by Gasteiger charge is -2.64. The number of carbonyl (C=O) groups excluding carboxylic acids is 3. The summed E-state index contributed by atoms with van der Waals surface area (Å²) in [6, 6.07) is 1.95. The molecule has 6 rings (SSSR count). The van der Waals surface area contributed by atoms with Crippen molar-refractivity contribution in [3.8, 4) is 0 Å². The standard InChI is InChI=1S/C28H32O7/c1-14(29)34-17-12-26(5)16(15-8-10-33-13-15)11-19-28(26,35-19)27(6)21(17)25(4)9-7-18(30)24(2,3)22(25)20(31)23(27)32/h7-10,13,16-17,19,21,31H,11-12H2,1-6H3/t16-,17+,19+,21+,25?,26-,27-,28+/m0/s1. The summed E-state index contributed by atoms with van der Waals surface area (Å²) in [5, 5.41) is 11.5. The van der Waals surface area contributed by atoms with Crippen LogP contribution in [-0.2, 0) is 23.9 Å². The molecule has 1 saturated heterocycles. The minimum atomic E-state index is -1.17. The summed E-state index contributed by atoms with van der Waals surface area (Å²) in [6.45, 7) is 10.8. The second-order valence-corrected chi connectivity index (χ2v) is 12.3. The number of ketones is 2. The first kappa shape index (κ1) is 22.8. The summed E-state index contributed by atoms with van der Waals surface area (Å²) in [7, 11) is 0. The Kier molecular flexibility index (Phi) is 4.14. The largest absolute Gasteiger partial charge is 0.504 e. The number of esters is 1. The average molecular weight is 481 g/mol. The number of hydrogen-bond donors (Lipinski definition) is 1. The van der Waals surface area contributed by atoms with E-state index in [2.05, 4.69) is 6.92 Å². The van der Waals surface area contributed by atoms with E-state index >= 15 is 0 Å². The highest BCUT2D eigenvalue weighted by atomic mass is 16.6. The van der Waals surface area contributed by atoms with Gasteiger partial charge in [-0.2, -0.15) is 0 Å². The zero-order valence-electron chi connectivity index (χ0n) is 21.0. The maximum atomic E-state index is 14.3. The van der Waals surface area contributed by atoms with Crippen molar-refractivity contribution in [3.63, 3.8) is 0 Å². The molecule has 0 bridgehead atoms. The topological polar surface area (TPSA) is 106 Å². The molecule has 7 heteroatoms. The number of hydrogen-bond acceptors (Lipinski definition) is 7. The second kappa shape index (κ2) is 6.36. The zero-order valence-corrected chi connectivity index (χ0v) is 21.0. The van der Waals surface area contributed by atoms with Crippen LogP contribution in [-0.4, -0.2) is 40.5 Å². The highest BCUT2D eigenvalue weighted by Crippen LogP contribution is 2.81. The van der Waals surface area contributed by atoms with Gasteiger partial charge in [0, 0.05) is 23.7 Å². The summed E-state index contributed by atoms with van der Waals surface area (Å²) in [5.74, 6) is -1.84. The van der Waals surface area contributed by atoms with Gasteiger partial charge in [-0.05, 0) is 62.8 Å². The van der Waals surface area contributed by atoms with Crippen LogP contribution in [0.3, 0.4) is 0 Å². The van der Waals surface area contributed by atoms with Crippen molar-refractivity contribution in [2.45, 2.75) is 78.1 Å². The lowest BCUT2D eigenvalue weighted by molar-refractivity contribution is -0.200. The van der Waals surface area contributed by atoms with Crippen molar-refractivity contribution in [1.29, 1.82) is 0 Å². The normalized spacial score (nSPS) is 47.0. The van der Waals surface area contributed by atoms with Gasteiger partial charge >= 0.3 is 5.97 Å². The summed E-state index contributed by atoms with van der Waals surface area (Å²) in [5.41, 5.74) is -3.06. The summed E-state index contributed by atoms with van der Waals surface area (Å²) >= 11 is 0. The molecule has 7 nitrogen and oxygen atoms in total. The van der Waals surface area contributed by atoms with Crippen LogP contribution >= 0.6 is 0 Å². The molecule has 4 aliphatic carbocycles. The molecule has 5 aliphatic rings. The Bertz CT molecular complexity index is 1240. The predicted molar refractivity (Wildman–Crippen MR) is 124 cm³/mol. The minimum absolute atomic E-state index is 0.0453. The number of fused-ring (bicyclic) bond motifs is 3. The van der Waals surface area contributed by atoms with Gasteiger partial charge in [-0.3, -0.25) is 14.4 Å². The Labute approximate surface area is 204 Å². The molecule has 3 fully saturated rings. The van der Waals surface area contributed by atoms with Gasteiger partial charge in [0.15, 0.2) is 11.5 Å². The summed E-state index contributed by atoms with van der Waals surface area (Å²) in [6.07, 6.45) is 7.17. The molecule has 2 heterocycles. The molecule has 1 aromatic rings. The number of furan rings is 1. The molecule has 0 amide bonds. The molecule has 1 unspecified atom stereocenters. The van der Waals surface area contributed by atoms with Crippen LogP contribution in [0.2, 0.25) is 0 Å². The Morgan fingerprint density at radius 3 is 2.51 bits per heavy atom. The molecule has 35 heavy (non-hydrogen) atoms. The van der Waals surface area contributed by atoms with Gasteiger partial charge in [-0.25, -0.2) is 0 Å². The number of aliphatic hydroxyl groups is 1. The van der Waals surface area contributed by atoms with Crippen LogP contribution in [0.1, 0.15) is 65.9 Å². The van der Waals surface area contributed by atoms with E-state index in [9.17, 15) is 19.5 Å². The molecule has 1 aromatic heterocycles. The third kappa shape index (κ3) is 2.30. The monoisotopic (exact) mass is 480 g/mol. The average Bonchev–Trinajstić information content (AvgIpc) is 3.13. The third-order valence-corrected chi connectivity index (χ3v) is 10.4. The first-order valence-electron chi connectivity index (χ1n) is 12.4. The van der Waals surface area contributed by atoms with Crippen LogP contribution in [0, 0.1) is 27.6 Å². The van der Waals surface area contributed by atoms with E-state index in [1.54, 1.807) is 38.5 Å². The lowest BCUT2D eigenvalue weighted by atomic mass is 9.38. The van der Waals surface area contributed by atoms with Crippen LogP contribution in [0.5, 0.6) is 0 Å². The predicted octanol–water partition coefficient (Wildman–Crippen LogP) is 4.43. The molecule has 0 radical (unpaired) electrons. The number of aliphatic hydroxyl groups excluding tert-OH is 1. The van der Waals surface area contributed by atoms with Crippen LogP contribution in [0.25, 0.3) is 0 Å². The van der Waals surface area contributed by atoms with Gasteiger partial charge in [0.1, 0.15) is 11.7 Å². The summed E-state index contributed by atoms with van der Waals surface area (Å²) in [4.78, 5) is 39.6. The van der Waals surface area contributed by atoms with E-state index in [0.717, 1.165) is 5.56 Å². The third-order valence-electron chi connectivity index (χ3n) is 10.4. The molecular formula is C28H32O7. The van der Waals surface area contributed by atoms with Crippen molar-refractivity contribution >= 4 is 17.5 Å². The number of Topliss-reactive ketones (excluding diaryl/α,β-unsaturated/α-hetero) is 1. The number of epoxide rings is 1. The van der Waals surface area contributed by atoms with E-state index in [-0.39, 0.29) is 23.6 Å². The summed E-state index contributed by atoms with van der Waals surface area (Å²) < 4.78 is 17.9. The number of rotatable bonds is 2. The van der Waals surface area contributed by atoms with Gasteiger partial charge in [0.05, 0.1) is 29.5 Å². The smallest absolute Gasteiger partial charge is 0.302 e. The van der Waals surface area contributed by atoms with Crippen molar-refractivity contribution in [3.05, 3.63) is 47.6 Å². The fourth-order valence-electron chi connectivity index (χ4n) is 9.22. The Balaban J connectivity index is 1.62. The Morgan fingerprint density at radius 1 is 1.17 bits per heavy atom. The molecule has 8 atom stereocenters. The quantitative estimate of drug-likeness (QED) is 0.493. The highest BCUT2D eigenvalue weighted by molar-refractivity contribution is 6.06. The van der Waals surface area contributed by atoms with Gasteiger partial charge in [0.2, 0.25) is 5.78 Å². The fraction of sp³-hybridized carbons (Fsp3) is 0.607. The lowest BCUT2D eigenvalue weighted by Crippen LogP contribution is -2.70. The maximum Gasteiger partial charge on any atom is 0.302 e. The first-order valence-corrected chi connectivity index (χ1v) is 12.4. The van der Waals surface area contributed by atoms with Crippen LogP contribution < -0.4 is 0 Å². The van der Waals surface area contributed by atoms with E-state index < -0.39 is 51.0 Å². The molecule has 2 saturated carbocycles. The minimum Gasteiger partial charge on any atom is -0.504 e. The Morgan fingerprint density at radius 2 is 1.89 bits per heavy atom. The maximum absolute atomic E-state index is 14.3. The second-order valence-electron chi connectivity index (χ2n) is 12.3. The van der Waals surface area contributed by atoms with Crippen LogP contribution in [0.4, 0.5) is 0 Å². The van der Waals surface area contributed by atoms with Gasteiger partial charge < -0.3 is 19.0 Å². The molecular weight excluding hydrogens is 448 g/mol. The van der Waals surface area contributed by atoms with E-state index in [1.807, 2.05) is 19.9 Å². The molecule has 186 valence electrons. The van der Waals surface area contributed by atoms with E-state index in [1.165, 1.54) is 6.92 Å². The number of ether oxygens (including phenoxy) is 2. The van der Waals surface area contributed by atoms with E-state index in [0.29, 0.717) is 18.4 Å².